The molecule has 0 unspecified atom stereocenters. The van der Waals surface area contributed by atoms with Crippen LogP contribution in [0.1, 0.15) is 23.1 Å². The van der Waals surface area contributed by atoms with Crippen LogP contribution >= 0.6 is 0 Å². The molecule has 0 spiro atoms. The van der Waals surface area contributed by atoms with E-state index in [0.717, 1.165) is 29.5 Å². The molecule has 110 valence electrons. The number of esters is 1. The monoisotopic (exact) mass is 290 g/mol. The average molecular weight is 290 g/mol. The summed E-state index contributed by atoms with van der Waals surface area (Å²) in [7, 11) is 1.43. The number of rotatable bonds is 2. The van der Waals surface area contributed by atoms with E-state index in [2.05, 4.69) is 24.3 Å². The Balaban J connectivity index is 2.14. The van der Waals surface area contributed by atoms with Gasteiger partial charge in [0.2, 0.25) is 0 Å². The van der Waals surface area contributed by atoms with E-state index in [1.807, 2.05) is 42.5 Å². The second-order valence-electron chi connectivity index (χ2n) is 5.27. The maximum absolute atomic E-state index is 12.3. The van der Waals surface area contributed by atoms with E-state index in [-0.39, 0.29) is 5.97 Å². The van der Waals surface area contributed by atoms with Gasteiger partial charge in [-0.2, -0.15) is 0 Å². The normalized spacial score (nSPS) is 14.0. The fraction of sp³-hybridized carbons (Fsp3) is 0.150. The molecule has 0 saturated carbocycles. The molecule has 0 aromatic heterocycles. The van der Waals surface area contributed by atoms with Gasteiger partial charge in [0, 0.05) is 0 Å². The van der Waals surface area contributed by atoms with Gasteiger partial charge in [0.1, 0.15) is 0 Å². The van der Waals surface area contributed by atoms with Gasteiger partial charge >= 0.3 is 5.97 Å². The van der Waals surface area contributed by atoms with E-state index in [1.165, 1.54) is 12.7 Å². The van der Waals surface area contributed by atoms with Crippen LogP contribution in [0.3, 0.4) is 0 Å². The van der Waals surface area contributed by atoms with Crippen molar-refractivity contribution in [3.8, 4) is 0 Å². The van der Waals surface area contributed by atoms with Crippen LogP contribution in [-0.4, -0.2) is 13.1 Å². The largest absolute Gasteiger partial charge is 0.465 e. The van der Waals surface area contributed by atoms with Gasteiger partial charge in [0.15, 0.2) is 0 Å². The maximum Gasteiger partial charge on any atom is 0.338 e. The summed E-state index contributed by atoms with van der Waals surface area (Å²) in [5, 5.41) is 0. The van der Waals surface area contributed by atoms with Crippen molar-refractivity contribution in [3.63, 3.8) is 0 Å². The van der Waals surface area contributed by atoms with Crippen LogP contribution < -0.4 is 0 Å². The minimum atomic E-state index is -0.295. The molecule has 2 heteroatoms. The third kappa shape index (κ3) is 2.86. The van der Waals surface area contributed by atoms with Gasteiger partial charge in [0.25, 0.3) is 0 Å². The zero-order valence-corrected chi connectivity index (χ0v) is 12.6. The molecule has 0 N–H and O–H groups in total. The Labute approximate surface area is 130 Å². The summed E-state index contributed by atoms with van der Waals surface area (Å²) >= 11 is 0. The Morgan fingerprint density at radius 3 is 2.50 bits per heavy atom. The number of allylic oxidation sites excluding steroid dienone is 3. The van der Waals surface area contributed by atoms with Crippen LogP contribution in [0, 0.1) is 0 Å². The van der Waals surface area contributed by atoms with Gasteiger partial charge < -0.3 is 4.74 Å². The molecule has 1 aliphatic rings. The summed E-state index contributed by atoms with van der Waals surface area (Å²) in [6.07, 6.45) is 6.00. The molecule has 0 saturated heterocycles. The lowest BCUT2D eigenvalue weighted by atomic mass is 9.90. The van der Waals surface area contributed by atoms with Gasteiger partial charge in [-0.1, -0.05) is 60.7 Å². The van der Waals surface area contributed by atoms with Crippen LogP contribution in [0.15, 0.2) is 66.7 Å². The van der Waals surface area contributed by atoms with E-state index in [0.29, 0.717) is 5.57 Å². The molecule has 2 nitrogen and oxygen atoms in total. The van der Waals surface area contributed by atoms with Crippen molar-refractivity contribution in [2.75, 3.05) is 7.11 Å². The summed E-state index contributed by atoms with van der Waals surface area (Å²) in [5.74, 6) is -0.295. The molecule has 3 rings (SSSR count). The molecule has 0 amide bonds. The fourth-order valence-electron chi connectivity index (χ4n) is 2.79. The molecule has 2 aromatic rings. The third-order valence-electron chi connectivity index (χ3n) is 3.90. The zero-order valence-electron chi connectivity index (χ0n) is 12.6. The topological polar surface area (TPSA) is 26.3 Å². The fourth-order valence-corrected chi connectivity index (χ4v) is 2.79. The van der Waals surface area contributed by atoms with Crippen LogP contribution in [0.5, 0.6) is 0 Å². The lowest BCUT2D eigenvalue weighted by Crippen LogP contribution is -2.08. The molecule has 0 heterocycles. The summed E-state index contributed by atoms with van der Waals surface area (Å²) < 4.78 is 4.99. The minimum Gasteiger partial charge on any atom is -0.465 e. The summed E-state index contributed by atoms with van der Waals surface area (Å²) in [4.78, 5) is 12.3. The molecule has 0 aliphatic heterocycles. The predicted molar refractivity (Wildman–Crippen MR) is 89.2 cm³/mol. The quantitative estimate of drug-likeness (QED) is 0.772. The van der Waals surface area contributed by atoms with Crippen LogP contribution in [-0.2, 0) is 16.0 Å². The first-order chi connectivity index (χ1) is 10.8. The van der Waals surface area contributed by atoms with Crippen molar-refractivity contribution < 1.29 is 9.53 Å². The number of aryl methyl sites for hydroxylation is 1. The lowest BCUT2D eigenvalue weighted by molar-refractivity contribution is -0.133. The molecular weight excluding hydrogens is 272 g/mol. The number of carbonyl (C=O) groups is 1. The number of benzene rings is 2. The van der Waals surface area contributed by atoms with Crippen molar-refractivity contribution >= 4 is 17.1 Å². The smallest absolute Gasteiger partial charge is 0.338 e. The SMILES string of the molecule is COC(=O)C1=CC(c2ccccc2)=CCCc2ccccc21. The molecule has 22 heavy (non-hydrogen) atoms. The van der Waals surface area contributed by atoms with E-state index in [9.17, 15) is 4.79 Å². The summed E-state index contributed by atoms with van der Waals surface area (Å²) in [6.45, 7) is 0. The lowest BCUT2D eigenvalue weighted by Gasteiger charge is -2.15. The Morgan fingerprint density at radius 2 is 1.73 bits per heavy atom. The van der Waals surface area contributed by atoms with Crippen LogP contribution in [0.25, 0.3) is 11.1 Å². The van der Waals surface area contributed by atoms with E-state index in [1.54, 1.807) is 0 Å². The molecule has 1 aliphatic carbocycles. The highest BCUT2D eigenvalue weighted by molar-refractivity contribution is 6.19. The van der Waals surface area contributed by atoms with Crippen molar-refractivity contribution in [1.29, 1.82) is 0 Å². The predicted octanol–water partition coefficient (Wildman–Crippen LogP) is 4.27. The van der Waals surface area contributed by atoms with Crippen molar-refractivity contribution in [2.45, 2.75) is 12.8 Å². The molecule has 0 fully saturated rings. The van der Waals surface area contributed by atoms with Crippen molar-refractivity contribution in [2.24, 2.45) is 0 Å². The summed E-state index contributed by atoms with van der Waals surface area (Å²) in [6, 6.07) is 18.2. The number of carbonyl (C=O) groups excluding carboxylic acids is 1. The highest BCUT2D eigenvalue weighted by Crippen LogP contribution is 2.29. The number of methoxy groups -OCH3 is 1. The summed E-state index contributed by atoms with van der Waals surface area (Å²) in [5.41, 5.74) is 4.95. The standard InChI is InChI=1S/C20H18O2/c1-22-20(21)19-14-17(15-8-3-2-4-9-15)12-7-11-16-10-5-6-13-18(16)19/h2-6,8-10,12-14H,7,11H2,1H3. The Hall–Kier alpha value is -2.61. The van der Waals surface area contributed by atoms with Gasteiger partial charge in [-0.3, -0.25) is 0 Å². The van der Waals surface area contributed by atoms with Gasteiger partial charge in [-0.15, -0.1) is 0 Å². The second kappa shape index (κ2) is 6.44. The number of hydrogen-bond acceptors (Lipinski definition) is 2. The van der Waals surface area contributed by atoms with E-state index in [4.69, 9.17) is 4.74 Å². The second-order valence-corrected chi connectivity index (χ2v) is 5.27. The Kier molecular flexibility index (Phi) is 4.19. The molecule has 0 bridgehead atoms. The molecule has 2 aromatic carbocycles. The minimum absolute atomic E-state index is 0.295. The van der Waals surface area contributed by atoms with E-state index >= 15 is 0 Å². The van der Waals surface area contributed by atoms with Gasteiger partial charge in [-0.05, 0) is 41.2 Å². The highest BCUT2D eigenvalue weighted by atomic mass is 16.5. The number of ether oxygens (including phenoxy) is 1. The third-order valence-corrected chi connectivity index (χ3v) is 3.90. The number of hydrogen-bond donors (Lipinski definition) is 0. The first-order valence-corrected chi connectivity index (χ1v) is 7.43. The molecular formula is C20H18O2. The first-order valence-electron chi connectivity index (χ1n) is 7.43. The average Bonchev–Trinajstić information content (AvgIpc) is 2.56. The Morgan fingerprint density at radius 1 is 1.00 bits per heavy atom. The Bertz CT molecular complexity index is 739. The van der Waals surface area contributed by atoms with Gasteiger partial charge in [0.05, 0.1) is 12.7 Å². The van der Waals surface area contributed by atoms with Gasteiger partial charge in [-0.25, -0.2) is 4.79 Å². The van der Waals surface area contributed by atoms with Crippen LogP contribution in [0.4, 0.5) is 0 Å². The first kappa shape index (κ1) is 14.3. The maximum atomic E-state index is 12.3. The van der Waals surface area contributed by atoms with Crippen LogP contribution in [0.2, 0.25) is 0 Å². The molecule has 0 atom stereocenters. The zero-order chi connectivity index (χ0) is 15.4. The van der Waals surface area contributed by atoms with E-state index < -0.39 is 0 Å². The highest BCUT2D eigenvalue weighted by Gasteiger charge is 2.18. The molecule has 0 radical (unpaired) electrons. The number of fused-ring (bicyclic) bond motifs is 1. The van der Waals surface area contributed by atoms with Crippen molar-refractivity contribution in [3.05, 3.63) is 83.4 Å². The van der Waals surface area contributed by atoms with Crippen molar-refractivity contribution in [1.82, 2.24) is 0 Å².